The van der Waals surface area contributed by atoms with Gasteiger partial charge >= 0.3 is 0 Å². The van der Waals surface area contributed by atoms with E-state index >= 15 is 0 Å². The Bertz CT molecular complexity index is 935. The second-order valence-electron chi connectivity index (χ2n) is 6.04. The van der Waals surface area contributed by atoms with Crippen LogP contribution in [0.2, 0.25) is 5.02 Å². The topological polar surface area (TPSA) is 83.1 Å². The van der Waals surface area contributed by atoms with Crippen molar-refractivity contribution >= 4 is 28.3 Å². The Balaban J connectivity index is 2.05. The summed E-state index contributed by atoms with van der Waals surface area (Å²) in [5, 5.41) is 11.5. The SMILES string of the molecule is CCn1c(C(C)(C)Oc2ccc(Cl)cn2)nc2cc([N+](=O)[O-])ccc21. The Labute approximate surface area is 149 Å². The highest BCUT2D eigenvalue weighted by atomic mass is 35.5. The van der Waals surface area contributed by atoms with Gasteiger partial charge in [-0.3, -0.25) is 10.1 Å². The molecule has 0 unspecified atom stereocenters. The van der Waals surface area contributed by atoms with E-state index in [9.17, 15) is 10.1 Å². The average molecular weight is 361 g/mol. The normalized spacial score (nSPS) is 11.7. The van der Waals surface area contributed by atoms with Gasteiger partial charge in [0, 0.05) is 30.9 Å². The molecule has 0 aliphatic rings. The Morgan fingerprint density at radius 3 is 2.68 bits per heavy atom. The van der Waals surface area contributed by atoms with E-state index in [0.717, 1.165) is 5.52 Å². The second-order valence-corrected chi connectivity index (χ2v) is 6.47. The van der Waals surface area contributed by atoms with E-state index in [0.29, 0.717) is 28.8 Å². The highest BCUT2D eigenvalue weighted by Gasteiger charge is 2.30. The van der Waals surface area contributed by atoms with Crippen LogP contribution < -0.4 is 4.74 Å². The van der Waals surface area contributed by atoms with Gasteiger partial charge in [-0.15, -0.1) is 0 Å². The predicted octanol–water partition coefficient (Wildman–Crippen LogP) is 4.33. The van der Waals surface area contributed by atoms with Gasteiger partial charge in [-0.1, -0.05) is 11.6 Å². The lowest BCUT2D eigenvalue weighted by molar-refractivity contribution is -0.384. The number of benzene rings is 1. The van der Waals surface area contributed by atoms with Crippen molar-refractivity contribution in [2.24, 2.45) is 0 Å². The first-order valence-electron chi connectivity index (χ1n) is 7.77. The number of nitro benzene ring substituents is 1. The maximum absolute atomic E-state index is 11.0. The minimum atomic E-state index is -0.787. The third-order valence-electron chi connectivity index (χ3n) is 3.86. The molecule has 0 atom stereocenters. The number of halogens is 1. The predicted molar refractivity (Wildman–Crippen MR) is 95.0 cm³/mol. The van der Waals surface area contributed by atoms with Gasteiger partial charge < -0.3 is 9.30 Å². The van der Waals surface area contributed by atoms with Gasteiger partial charge in [0.15, 0.2) is 11.4 Å². The highest BCUT2D eigenvalue weighted by molar-refractivity contribution is 6.30. The van der Waals surface area contributed by atoms with Crippen LogP contribution in [0.25, 0.3) is 11.0 Å². The minimum Gasteiger partial charge on any atom is -0.463 e. The first-order chi connectivity index (χ1) is 11.8. The van der Waals surface area contributed by atoms with Crippen LogP contribution in [0, 0.1) is 10.1 Å². The summed E-state index contributed by atoms with van der Waals surface area (Å²) in [5.41, 5.74) is 0.610. The Kier molecular flexibility index (Phi) is 4.34. The molecule has 25 heavy (non-hydrogen) atoms. The number of ether oxygens (including phenoxy) is 1. The molecule has 3 aromatic rings. The average Bonchev–Trinajstić information content (AvgIpc) is 2.95. The third-order valence-corrected chi connectivity index (χ3v) is 4.08. The molecule has 1 aromatic carbocycles. The Morgan fingerprint density at radius 2 is 2.08 bits per heavy atom. The largest absolute Gasteiger partial charge is 0.463 e. The maximum Gasteiger partial charge on any atom is 0.271 e. The summed E-state index contributed by atoms with van der Waals surface area (Å²) < 4.78 is 7.99. The molecule has 0 saturated heterocycles. The number of rotatable bonds is 5. The van der Waals surface area contributed by atoms with Gasteiger partial charge in [0.25, 0.3) is 5.69 Å². The van der Waals surface area contributed by atoms with E-state index in [-0.39, 0.29) is 5.69 Å². The van der Waals surface area contributed by atoms with E-state index in [1.54, 1.807) is 18.2 Å². The number of aromatic nitrogens is 3. The molecule has 3 rings (SSSR count). The smallest absolute Gasteiger partial charge is 0.271 e. The summed E-state index contributed by atoms with van der Waals surface area (Å²) in [4.78, 5) is 19.3. The fourth-order valence-electron chi connectivity index (χ4n) is 2.74. The van der Waals surface area contributed by atoms with Crippen molar-refractivity contribution in [1.29, 1.82) is 0 Å². The van der Waals surface area contributed by atoms with Crippen molar-refractivity contribution in [3.8, 4) is 5.88 Å². The summed E-state index contributed by atoms with van der Waals surface area (Å²) >= 11 is 5.85. The number of hydrogen-bond donors (Lipinski definition) is 0. The molecule has 0 N–H and O–H groups in total. The van der Waals surface area contributed by atoms with Crippen molar-refractivity contribution in [3.05, 3.63) is 57.5 Å². The zero-order valence-electron chi connectivity index (χ0n) is 14.1. The van der Waals surface area contributed by atoms with Gasteiger partial charge in [0.1, 0.15) is 0 Å². The van der Waals surface area contributed by atoms with Gasteiger partial charge in [0.05, 0.1) is 21.0 Å². The molecule has 0 fully saturated rings. The van der Waals surface area contributed by atoms with Gasteiger partial charge in [-0.2, -0.15) is 0 Å². The molecule has 0 saturated carbocycles. The molecule has 7 nitrogen and oxygen atoms in total. The van der Waals surface area contributed by atoms with Crippen molar-refractivity contribution in [3.63, 3.8) is 0 Å². The van der Waals surface area contributed by atoms with Crippen molar-refractivity contribution in [1.82, 2.24) is 14.5 Å². The maximum atomic E-state index is 11.0. The highest BCUT2D eigenvalue weighted by Crippen LogP contribution is 2.30. The zero-order chi connectivity index (χ0) is 18.2. The zero-order valence-corrected chi connectivity index (χ0v) is 14.8. The number of nitro groups is 1. The van der Waals surface area contributed by atoms with Crippen molar-refractivity contribution < 1.29 is 9.66 Å². The lowest BCUT2D eigenvalue weighted by atomic mass is 10.1. The van der Waals surface area contributed by atoms with Gasteiger partial charge in [-0.25, -0.2) is 9.97 Å². The van der Waals surface area contributed by atoms with Gasteiger partial charge in [-0.05, 0) is 32.9 Å². The standard InChI is InChI=1S/C17H17ClN4O3/c1-4-21-14-7-6-12(22(23)24)9-13(14)20-16(21)17(2,3)25-15-8-5-11(18)10-19-15/h5-10H,4H2,1-3H3. The molecule has 0 aliphatic carbocycles. The van der Waals surface area contributed by atoms with Crippen LogP contribution in [0.1, 0.15) is 26.6 Å². The first kappa shape index (κ1) is 17.2. The summed E-state index contributed by atoms with van der Waals surface area (Å²) in [6.07, 6.45) is 1.51. The number of imidazole rings is 1. The number of non-ortho nitro benzene ring substituents is 1. The van der Waals surface area contributed by atoms with E-state index < -0.39 is 10.5 Å². The van der Waals surface area contributed by atoms with E-state index in [2.05, 4.69) is 9.97 Å². The molecule has 0 radical (unpaired) electrons. The molecule has 130 valence electrons. The molecular formula is C17H17ClN4O3. The first-order valence-corrected chi connectivity index (χ1v) is 8.15. The summed E-state index contributed by atoms with van der Waals surface area (Å²) in [6, 6.07) is 8.06. The molecule has 0 bridgehead atoms. The van der Waals surface area contributed by atoms with Crippen LogP contribution in [0.3, 0.4) is 0 Å². The van der Waals surface area contributed by atoms with E-state index in [1.807, 2.05) is 25.3 Å². The molecule has 0 spiro atoms. The lowest BCUT2D eigenvalue weighted by Crippen LogP contribution is -2.30. The number of fused-ring (bicyclic) bond motifs is 1. The monoisotopic (exact) mass is 360 g/mol. The van der Waals surface area contributed by atoms with Crippen LogP contribution in [-0.4, -0.2) is 19.5 Å². The summed E-state index contributed by atoms with van der Waals surface area (Å²) in [7, 11) is 0. The van der Waals surface area contributed by atoms with E-state index in [4.69, 9.17) is 16.3 Å². The minimum absolute atomic E-state index is 0.0119. The molecule has 0 aliphatic heterocycles. The molecule has 0 amide bonds. The number of pyridine rings is 1. The lowest BCUT2D eigenvalue weighted by Gasteiger charge is -2.26. The van der Waals surface area contributed by atoms with E-state index in [1.165, 1.54) is 18.3 Å². The Hall–Kier alpha value is -2.67. The molecule has 2 aromatic heterocycles. The van der Waals surface area contributed by atoms with Gasteiger partial charge in [0.2, 0.25) is 5.88 Å². The summed E-state index contributed by atoms with van der Waals surface area (Å²) in [6.45, 7) is 6.41. The number of nitrogens with zero attached hydrogens (tertiary/aromatic N) is 4. The number of aryl methyl sites for hydroxylation is 1. The van der Waals surface area contributed by atoms with Crippen molar-refractivity contribution in [2.75, 3.05) is 0 Å². The fraction of sp³-hybridized carbons (Fsp3) is 0.294. The fourth-order valence-corrected chi connectivity index (χ4v) is 2.85. The van der Waals surface area contributed by atoms with Crippen LogP contribution in [0.4, 0.5) is 5.69 Å². The van der Waals surface area contributed by atoms with Crippen LogP contribution in [0.15, 0.2) is 36.5 Å². The van der Waals surface area contributed by atoms with Crippen molar-refractivity contribution in [2.45, 2.75) is 32.9 Å². The molecule has 8 heteroatoms. The third kappa shape index (κ3) is 3.28. The van der Waals surface area contributed by atoms with Crippen LogP contribution in [0.5, 0.6) is 5.88 Å². The molecule has 2 heterocycles. The summed E-state index contributed by atoms with van der Waals surface area (Å²) in [5.74, 6) is 1.09. The van der Waals surface area contributed by atoms with Crippen LogP contribution >= 0.6 is 11.6 Å². The molecular weight excluding hydrogens is 344 g/mol. The van der Waals surface area contributed by atoms with Crippen LogP contribution in [-0.2, 0) is 12.1 Å². The number of hydrogen-bond acceptors (Lipinski definition) is 5. The second kappa shape index (κ2) is 6.33. The quantitative estimate of drug-likeness (QED) is 0.499. The Morgan fingerprint density at radius 1 is 1.32 bits per heavy atom.